The molecule has 0 radical (unpaired) electrons. The Balaban J connectivity index is 1.10. The lowest BCUT2D eigenvalue weighted by Crippen LogP contribution is -2.43. The molecule has 1 aliphatic heterocycles. The van der Waals surface area contributed by atoms with Gasteiger partial charge < -0.3 is 15.0 Å². The lowest BCUT2D eigenvalue weighted by atomic mass is 9.73. The SMILES string of the molecule is CC1(F)CC(C(=O)Nc2c[nH]c3ccc(OCCC4C[C@@H]5CN(CC(F)(F)F)C[C@@H]5C4)cc23)C1. The molecule has 3 fully saturated rings. The molecular weight excluding hydrogens is 450 g/mol. The highest BCUT2D eigenvalue weighted by Gasteiger charge is 2.45. The number of halogens is 4. The van der Waals surface area contributed by atoms with Crippen molar-refractivity contribution in [3.05, 3.63) is 24.4 Å². The Bertz CT molecular complexity index is 1030. The smallest absolute Gasteiger partial charge is 0.401 e. The van der Waals surface area contributed by atoms with E-state index in [0.717, 1.165) is 30.2 Å². The minimum absolute atomic E-state index is 0.164. The summed E-state index contributed by atoms with van der Waals surface area (Å²) in [4.78, 5) is 17.1. The highest BCUT2D eigenvalue weighted by atomic mass is 19.4. The Kier molecular flexibility index (Phi) is 6.02. The van der Waals surface area contributed by atoms with Crippen LogP contribution in [0.25, 0.3) is 10.9 Å². The van der Waals surface area contributed by atoms with E-state index < -0.39 is 18.4 Å². The molecule has 2 heterocycles. The van der Waals surface area contributed by atoms with Crippen molar-refractivity contribution in [2.75, 3.05) is 31.6 Å². The van der Waals surface area contributed by atoms with Crippen molar-refractivity contribution in [1.82, 2.24) is 9.88 Å². The first-order chi connectivity index (χ1) is 16.0. The van der Waals surface area contributed by atoms with Gasteiger partial charge in [-0.05, 0) is 75.0 Å². The number of anilines is 1. The number of aromatic amines is 1. The van der Waals surface area contributed by atoms with Crippen molar-refractivity contribution in [2.24, 2.45) is 23.7 Å². The predicted octanol–water partition coefficient (Wildman–Crippen LogP) is 5.53. The summed E-state index contributed by atoms with van der Waals surface area (Å²) in [6.07, 6.45) is 0.923. The van der Waals surface area contributed by atoms with Crippen LogP contribution >= 0.6 is 0 Å². The number of nitrogens with one attached hydrogen (secondary N) is 2. The first kappa shape index (κ1) is 23.5. The largest absolute Gasteiger partial charge is 0.494 e. The van der Waals surface area contributed by atoms with Crippen molar-refractivity contribution in [1.29, 1.82) is 0 Å². The number of ether oxygens (including phenoxy) is 1. The summed E-state index contributed by atoms with van der Waals surface area (Å²) in [6.45, 7) is 2.36. The maximum absolute atomic E-state index is 13.7. The van der Waals surface area contributed by atoms with Crippen molar-refractivity contribution in [3.8, 4) is 5.75 Å². The van der Waals surface area contributed by atoms with Crippen LogP contribution in [0.4, 0.5) is 23.2 Å². The molecule has 1 aromatic heterocycles. The Morgan fingerprint density at radius 1 is 1.24 bits per heavy atom. The zero-order valence-corrected chi connectivity index (χ0v) is 19.3. The number of hydrogen-bond donors (Lipinski definition) is 2. The summed E-state index contributed by atoms with van der Waals surface area (Å²) in [5.41, 5.74) is 0.285. The van der Waals surface area contributed by atoms with E-state index in [1.165, 1.54) is 6.92 Å². The zero-order valence-electron chi connectivity index (χ0n) is 19.3. The lowest BCUT2D eigenvalue weighted by Gasteiger charge is -2.37. The maximum Gasteiger partial charge on any atom is 0.401 e. The second-order valence-corrected chi connectivity index (χ2v) is 10.7. The van der Waals surface area contributed by atoms with Gasteiger partial charge in [-0.3, -0.25) is 9.69 Å². The van der Waals surface area contributed by atoms with Crippen LogP contribution in [0.3, 0.4) is 0 Å². The summed E-state index contributed by atoms with van der Waals surface area (Å²) >= 11 is 0. The van der Waals surface area contributed by atoms with E-state index in [-0.39, 0.29) is 24.7 Å². The van der Waals surface area contributed by atoms with Gasteiger partial charge in [0.1, 0.15) is 11.4 Å². The van der Waals surface area contributed by atoms with E-state index in [1.54, 1.807) is 11.1 Å². The molecule has 0 spiro atoms. The molecule has 34 heavy (non-hydrogen) atoms. The van der Waals surface area contributed by atoms with E-state index >= 15 is 0 Å². The summed E-state index contributed by atoms with van der Waals surface area (Å²) in [6, 6.07) is 5.67. The van der Waals surface area contributed by atoms with Crippen LogP contribution in [0.1, 0.15) is 39.0 Å². The van der Waals surface area contributed by atoms with E-state index in [4.69, 9.17) is 4.74 Å². The van der Waals surface area contributed by atoms with E-state index in [2.05, 4.69) is 10.3 Å². The number of fused-ring (bicyclic) bond motifs is 2. The molecule has 5 rings (SSSR count). The monoisotopic (exact) mass is 481 g/mol. The molecule has 2 N–H and O–H groups in total. The third-order valence-electron chi connectivity index (χ3n) is 7.75. The molecule has 3 aliphatic rings. The minimum Gasteiger partial charge on any atom is -0.494 e. The highest BCUT2D eigenvalue weighted by Crippen LogP contribution is 2.44. The molecule has 1 amide bonds. The first-order valence-corrected chi connectivity index (χ1v) is 12.1. The van der Waals surface area contributed by atoms with Crippen molar-refractivity contribution < 1.29 is 27.1 Å². The Morgan fingerprint density at radius 3 is 2.59 bits per heavy atom. The van der Waals surface area contributed by atoms with Gasteiger partial charge in [-0.1, -0.05) is 0 Å². The average Bonchev–Trinajstić information content (AvgIpc) is 3.38. The summed E-state index contributed by atoms with van der Waals surface area (Å²) in [5, 5.41) is 3.75. The topological polar surface area (TPSA) is 57.4 Å². The molecule has 1 unspecified atom stereocenters. The molecule has 1 aromatic carbocycles. The number of alkyl halides is 4. The molecule has 186 valence electrons. The first-order valence-electron chi connectivity index (χ1n) is 12.1. The molecular formula is C25H31F4N3O2. The van der Waals surface area contributed by atoms with Gasteiger partial charge in [0, 0.05) is 36.1 Å². The lowest BCUT2D eigenvalue weighted by molar-refractivity contribution is -0.144. The van der Waals surface area contributed by atoms with Crippen LogP contribution in [-0.2, 0) is 4.79 Å². The molecule has 9 heteroatoms. The number of aromatic nitrogens is 1. The third kappa shape index (κ3) is 5.19. The Morgan fingerprint density at radius 2 is 1.94 bits per heavy atom. The maximum atomic E-state index is 13.7. The van der Waals surface area contributed by atoms with Gasteiger partial charge in [-0.2, -0.15) is 13.2 Å². The van der Waals surface area contributed by atoms with Crippen LogP contribution in [-0.4, -0.2) is 53.9 Å². The summed E-state index contributed by atoms with van der Waals surface area (Å²) in [7, 11) is 0. The second kappa shape index (κ2) is 8.73. The van der Waals surface area contributed by atoms with Gasteiger partial charge in [-0.25, -0.2) is 4.39 Å². The van der Waals surface area contributed by atoms with Gasteiger partial charge in [0.2, 0.25) is 5.91 Å². The molecule has 2 saturated carbocycles. The molecule has 1 saturated heterocycles. The van der Waals surface area contributed by atoms with Crippen LogP contribution in [0.5, 0.6) is 5.75 Å². The summed E-state index contributed by atoms with van der Waals surface area (Å²) in [5.74, 6) is 1.45. The fourth-order valence-corrected chi connectivity index (χ4v) is 6.17. The average molecular weight is 482 g/mol. The minimum atomic E-state index is -4.12. The number of carbonyl (C=O) groups is 1. The molecule has 2 aliphatic carbocycles. The summed E-state index contributed by atoms with van der Waals surface area (Å²) < 4.78 is 57.6. The van der Waals surface area contributed by atoms with Gasteiger partial charge >= 0.3 is 6.18 Å². The number of amides is 1. The Labute approximate surface area is 196 Å². The standard InChI is InChI=1S/C25H31F4N3O2/c1-24(26)9-18(10-24)23(33)31-22-11-30-21-3-2-19(8-20(21)22)34-5-4-15-6-16-12-32(13-17(16)7-15)14-25(27,28)29/h2-3,8,11,15-18,30H,4-7,9-10,12-14H2,1H3,(H,31,33)/t15?,16-,17+,18?,24?. The molecule has 3 atom stereocenters. The number of nitrogens with zero attached hydrogens (tertiary/aromatic N) is 1. The number of hydrogen-bond acceptors (Lipinski definition) is 3. The fraction of sp³-hybridized carbons (Fsp3) is 0.640. The van der Waals surface area contributed by atoms with Crippen molar-refractivity contribution in [2.45, 2.75) is 50.9 Å². The third-order valence-corrected chi connectivity index (χ3v) is 7.75. The molecule has 0 bridgehead atoms. The van der Waals surface area contributed by atoms with Gasteiger partial charge in [-0.15, -0.1) is 0 Å². The quantitative estimate of drug-likeness (QED) is 0.511. The number of rotatable bonds is 7. The van der Waals surface area contributed by atoms with E-state index in [0.29, 0.717) is 48.9 Å². The number of carbonyl (C=O) groups excluding carboxylic acids is 1. The van der Waals surface area contributed by atoms with Crippen molar-refractivity contribution in [3.63, 3.8) is 0 Å². The number of benzene rings is 1. The number of H-pyrrole nitrogens is 1. The van der Waals surface area contributed by atoms with Crippen LogP contribution in [0.15, 0.2) is 24.4 Å². The normalized spacial score (nSPS) is 31.4. The highest BCUT2D eigenvalue weighted by molar-refractivity contribution is 6.03. The van der Waals surface area contributed by atoms with Gasteiger partial charge in [0.05, 0.1) is 18.8 Å². The predicted molar refractivity (Wildman–Crippen MR) is 121 cm³/mol. The fourth-order valence-electron chi connectivity index (χ4n) is 6.17. The zero-order chi connectivity index (χ0) is 24.1. The van der Waals surface area contributed by atoms with Crippen LogP contribution in [0, 0.1) is 23.7 Å². The Hall–Kier alpha value is -2.29. The molecule has 2 aromatic rings. The van der Waals surface area contributed by atoms with E-state index in [9.17, 15) is 22.4 Å². The van der Waals surface area contributed by atoms with Gasteiger partial charge in [0.25, 0.3) is 0 Å². The number of likely N-dealkylation sites (tertiary alicyclic amines) is 1. The van der Waals surface area contributed by atoms with Crippen molar-refractivity contribution >= 4 is 22.5 Å². The second-order valence-electron chi connectivity index (χ2n) is 10.7. The molecule has 5 nitrogen and oxygen atoms in total. The van der Waals surface area contributed by atoms with Crippen LogP contribution in [0.2, 0.25) is 0 Å². The van der Waals surface area contributed by atoms with E-state index in [1.807, 2.05) is 18.2 Å². The van der Waals surface area contributed by atoms with Crippen LogP contribution < -0.4 is 10.1 Å². The van der Waals surface area contributed by atoms with Gasteiger partial charge in [0.15, 0.2) is 0 Å².